The zero-order chi connectivity index (χ0) is 22.3. The smallest absolute Gasteiger partial charge is 0.266 e. The van der Waals surface area contributed by atoms with E-state index >= 15 is 0 Å². The molecule has 3 aromatic carbocycles. The number of carbonyl (C=O) groups excluding carboxylic acids is 1. The molecule has 32 heavy (non-hydrogen) atoms. The molecule has 3 aromatic rings. The van der Waals surface area contributed by atoms with Crippen LogP contribution in [0.1, 0.15) is 24.5 Å². The van der Waals surface area contributed by atoms with Gasteiger partial charge in [-0.3, -0.25) is 9.69 Å². The van der Waals surface area contributed by atoms with Gasteiger partial charge >= 0.3 is 0 Å². The number of amides is 1. The minimum Gasteiger partial charge on any atom is -0.489 e. The molecule has 0 atom stereocenters. The Labute approximate surface area is 197 Å². The van der Waals surface area contributed by atoms with Crippen molar-refractivity contribution in [3.05, 3.63) is 99.9 Å². The second kappa shape index (κ2) is 10.5. The molecule has 4 nitrogen and oxygen atoms in total. The molecule has 162 valence electrons. The highest BCUT2D eigenvalue weighted by atomic mass is 35.5. The van der Waals surface area contributed by atoms with E-state index in [2.05, 4.69) is 11.9 Å². The molecular weight excluding hydrogens is 440 g/mol. The lowest BCUT2D eigenvalue weighted by Gasteiger charge is -2.13. The molecule has 0 bridgehead atoms. The fourth-order valence-corrected chi connectivity index (χ4v) is 4.43. The Morgan fingerprint density at radius 2 is 1.72 bits per heavy atom. The third-order valence-corrected chi connectivity index (χ3v) is 6.22. The van der Waals surface area contributed by atoms with E-state index in [9.17, 15) is 4.79 Å². The number of benzene rings is 3. The number of para-hydroxylation sites is 1. The highest BCUT2D eigenvalue weighted by Crippen LogP contribution is 2.34. The maximum Gasteiger partial charge on any atom is 0.266 e. The first kappa shape index (κ1) is 22.2. The Kier molecular flexibility index (Phi) is 7.30. The molecule has 0 spiro atoms. The number of nitrogens with zero attached hydrogens (tertiary/aromatic N) is 2. The highest BCUT2D eigenvalue weighted by Gasteiger charge is 2.32. The van der Waals surface area contributed by atoms with Crippen LogP contribution in [0.3, 0.4) is 0 Å². The molecule has 6 heteroatoms. The largest absolute Gasteiger partial charge is 0.489 e. The van der Waals surface area contributed by atoms with E-state index < -0.39 is 0 Å². The number of hydrogen-bond donors (Lipinski definition) is 0. The summed E-state index contributed by atoms with van der Waals surface area (Å²) in [6.45, 7) is 3.10. The van der Waals surface area contributed by atoms with Crippen LogP contribution in [-0.2, 0) is 11.4 Å². The molecule has 0 unspecified atom stereocenters. The number of carbonyl (C=O) groups is 1. The van der Waals surface area contributed by atoms with Gasteiger partial charge in [-0.1, -0.05) is 67.1 Å². The molecule has 0 saturated carbocycles. The highest BCUT2D eigenvalue weighted by molar-refractivity contribution is 8.18. The van der Waals surface area contributed by atoms with Gasteiger partial charge in [0.15, 0.2) is 5.17 Å². The van der Waals surface area contributed by atoms with Gasteiger partial charge in [0.2, 0.25) is 0 Å². The predicted octanol–water partition coefficient (Wildman–Crippen LogP) is 6.93. The summed E-state index contributed by atoms with van der Waals surface area (Å²) in [6, 6.07) is 25.0. The van der Waals surface area contributed by atoms with Crippen LogP contribution in [0.5, 0.6) is 5.75 Å². The Hall–Kier alpha value is -3.02. The molecule has 0 aromatic heterocycles. The molecule has 1 heterocycles. The molecule has 0 aliphatic carbocycles. The maximum absolute atomic E-state index is 13.0. The molecule has 1 aliphatic heterocycles. The van der Waals surface area contributed by atoms with Crippen molar-refractivity contribution in [2.45, 2.75) is 20.0 Å². The summed E-state index contributed by atoms with van der Waals surface area (Å²) >= 11 is 7.60. The summed E-state index contributed by atoms with van der Waals surface area (Å²) < 4.78 is 5.85. The van der Waals surface area contributed by atoms with Crippen molar-refractivity contribution in [1.82, 2.24) is 4.90 Å². The molecule has 1 saturated heterocycles. The Balaban J connectivity index is 1.48. The zero-order valence-electron chi connectivity index (χ0n) is 17.7. The van der Waals surface area contributed by atoms with Crippen LogP contribution in [0.15, 0.2) is 88.8 Å². The van der Waals surface area contributed by atoms with Crippen molar-refractivity contribution in [2.24, 2.45) is 4.99 Å². The third-order valence-electron chi connectivity index (χ3n) is 4.85. The maximum atomic E-state index is 13.0. The topological polar surface area (TPSA) is 41.9 Å². The quantitative estimate of drug-likeness (QED) is 0.357. The number of halogens is 1. The van der Waals surface area contributed by atoms with Crippen molar-refractivity contribution < 1.29 is 9.53 Å². The summed E-state index contributed by atoms with van der Waals surface area (Å²) in [7, 11) is 0. The van der Waals surface area contributed by atoms with Crippen LogP contribution < -0.4 is 4.74 Å². The van der Waals surface area contributed by atoms with Crippen LogP contribution in [-0.4, -0.2) is 22.5 Å². The minimum absolute atomic E-state index is 0.00872. The molecule has 1 aliphatic rings. The monoisotopic (exact) mass is 462 g/mol. The Bertz CT molecular complexity index is 1140. The number of aliphatic imine (C=N–C) groups is 1. The average Bonchev–Trinajstić information content (AvgIpc) is 3.09. The van der Waals surface area contributed by atoms with Gasteiger partial charge in [0, 0.05) is 17.1 Å². The number of hydrogen-bond acceptors (Lipinski definition) is 4. The van der Waals surface area contributed by atoms with Crippen LogP contribution in [0.25, 0.3) is 6.08 Å². The number of thioether (sulfide) groups is 1. The number of amidine groups is 1. The normalized spacial score (nSPS) is 16.2. The van der Waals surface area contributed by atoms with E-state index in [1.807, 2.05) is 84.9 Å². The first-order valence-electron chi connectivity index (χ1n) is 10.5. The fourth-order valence-electron chi connectivity index (χ4n) is 3.21. The van der Waals surface area contributed by atoms with E-state index in [0.29, 0.717) is 28.2 Å². The van der Waals surface area contributed by atoms with Gasteiger partial charge in [-0.25, -0.2) is 4.99 Å². The van der Waals surface area contributed by atoms with E-state index in [0.717, 1.165) is 29.0 Å². The van der Waals surface area contributed by atoms with Gasteiger partial charge in [0.1, 0.15) is 12.4 Å². The van der Waals surface area contributed by atoms with E-state index in [1.165, 1.54) is 11.8 Å². The molecule has 0 N–H and O–H groups in total. The van der Waals surface area contributed by atoms with E-state index in [4.69, 9.17) is 16.3 Å². The minimum atomic E-state index is -0.00872. The lowest BCUT2D eigenvalue weighted by molar-refractivity contribution is -0.122. The molecule has 0 radical (unpaired) electrons. The van der Waals surface area contributed by atoms with Crippen LogP contribution in [0.4, 0.5) is 5.69 Å². The Morgan fingerprint density at radius 3 is 2.44 bits per heavy atom. The second-order valence-corrected chi connectivity index (χ2v) is 8.66. The average molecular weight is 463 g/mol. The van der Waals surface area contributed by atoms with Crippen molar-refractivity contribution in [2.75, 3.05) is 6.54 Å². The zero-order valence-corrected chi connectivity index (χ0v) is 19.3. The summed E-state index contributed by atoms with van der Waals surface area (Å²) in [5.74, 6) is 0.738. The van der Waals surface area contributed by atoms with Crippen LogP contribution >= 0.6 is 23.4 Å². The van der Waals surface area contributed by atoms with E-state index in [-0.39, 0.29) is 5.91 Å². The fraction of sp³-hybridized carbons (Fsp3) is 0.154. The van der Waals surface area contributed by atoms with Gasteiger partial charge in [-0.15, -0.1) is 0 Å². The molecule has 1 amide bonds. The van der Waals surface area contributed by atoms with Crippen molar-refractivity contribution in [3.8, 4) is 5.75 Å². The third kappa shape index (κ3) is 5.42. The van der Waals surface area contributed by atoms with Gasteiger partial charge in [-0.2, -0.15) is 0 Å². The number of ether oxygens (including phenoxy) is 1. The van der Waals surface area contributed by atoms with Crippen molar-refractivity contribution >= 4 is 46.2 Å². The first-order chi connectivity index (χ1) is 15.6. The first-order valence-corrected chi connectivity index (χ1v) is 11.6. The van der Waals surface area contributed by atoms with Gasteiger partial charge in [-0.05, 0) is 60.2 Å². The van der Waals surface area contributed by atoms with E-state index in [1.54, 1.807) is 4.90 Å². The Morgan fingerprint density at radius 1 is 1.00 bits per heavy atom. The van der Waals surface area contributed by atoms with Crippen molar-refractivity contribution in [1.29, 1.82) is 0 Å². The van der Waals surface area contributed by atoms with Crippen LogP contribution in [0, 0.1) is 0 Å². The van der Waals surface area contributed by atoms with Gasteiger partial charge < -0.3 is 4.74 Å². The predicted molar refractivity (Wildman–Crippen MR) is 133 cm³/mol. The number of rotatable bonds is 7. The summed E-state index contributed by atoms with van der Waals surface area (Å²) in [5, 5.41) is 1.41. The summed E-state index contributed by atoms with van der Waals surface area (Å²) in [4.78, 5) is 20.1. The lowest BCUT2D eigenvalue weighted by atomic mass is 10.2. The van der Waals surface area contributed by atoms with Gasteiger partial charge in [0.05, 0.1) is 10.6 Å². The summed E-state index contributed by atoms with van der Waals surface area (Å²) in [6.07, 6.45) is 2.77. The SMILES string of the molecule is CCCN1C(=O)/C(=C\c2ccc(OCc3ccccc3Cl)cc2)SC1=Nc1ccccc1. The van der Waals surface area contributed by atoms with Gasteiger partial charge in [0.25, 0.3) is 5.91 Å². The second-order valence-electron chi connectivity index (χ2n) is 7.25. The summed E-state index contributed by atoms with van der Waals surface area (Å²) in [5.41, 5.74) is 2.71. The van der Waals surface area contributed by atoms with Crippen LogP contribution in [0.2, 0.25) is 5.02 Å². The molecule has 4 rings (SSSR count). The van der Waals surface area contributed by atoms with Crippen molar-refractivity contribution in [3.63, 3.8) is 0 Å². The molecule has 1 fully saturated rings. The lowest BCUT2D eigenvalue weighted by Crippen LogP contribution is -2.29. The molecular formula is C26H23ClN2O2S. The standard InChI is InChI=1S/C26H23ClN2O2S/c1-2-16-29-25(30)24(32-26(29)28-21-9-4-3-5-10-21)17-19-12-14-22(15-13-19)31-18-20-8-6-7-11-23(20)27/h3-15,17H,2,16,18H2,1H3/b24-17+,28-26?.